The maximum atomic E-state index is 12.9. The lowest BCUT2D eigenvalue weighted by Gasteiger charge is -2.23. The second-order valence-corrected chi connectivity index (χ2v) is 11.3. The second-order valence-electron chi connectivity index (χ2n) is 11.3. The number of rotatable bonds is 10. The maximum absolute atomic E-state index is 12.9. The molecule has 5 rings (SSSR count). The molecule has 0 saturated carbocycles. The van der Waals surface area contributed by atoms with Gasteiger partial charge in [-0.1, -0.05) is 19.9 Å². The first-order chi connectivity index (χ1) is 18.9. The monoisotopic (exact) mass is 536 g/mol. The predicted molar refractivity (Wildman–Crippen MR) is 149 cm³/mol. The Morgan fingerprint density at radius 1 is 1.18 bits per heavy atom. The molecule has 210 valence electrons. The minimum Gasteiger partial charge on any atom is -0.459 e. The van der Waals surface area contributed by atoms with E-state index in [0.717, 1.165) is 67.0 Å². The SMILES string of the molecule is Cc1cc(-c2nc3cc(CN[C@H](CC(C)C)C(=O)O[C@H]4CCOC4)ccc3n2CC2CCOCC2)c[nH]c1=O. The first-order valence-corrected chi connectivity index (χ1v) is 14.2. The number of aromatic amines is 1. The number of nitrogens with one attached hydrogen (secondary N) is 2. The molecule has 2 aromatic heterocycles. The summed E-state index contributed by atoms with van der Waals surface area (Å²) >= 11 is 0. The number of aryl methyl sites for hydroxylation is 1. The molecule has 2 aliphatic heterocycles. The zero-order valence-electron chi connectivity index (χ0n) is 23.2. The Balaban J connectivity index is 1.39. The molecule has 0 amide bonds. The highest BCUT2D eigenvalue weighted by molar-refractivity contribution is 5.81. The Morgan fingerprint density at radius 2 is 1.97 bits per heavy atom. The molecular formula is C30H40N4O5. The van der Waals surface area contributed by atoms with Crippen LogP contribution in [0.1, 0.15) is 50.7 Å². The van der Waals surface area contributed by atoms with E-state index in [0.29, 0.717) is 43.6 Å². The van der Waals surface area contributed by atoms with Gasteiger partial charge in [0.05, 0.1) is 24.2 Å². The average molecular weight is 537 g/mol. The molecule has 0 spiro atoms. The number of esters is 1. The van der Waals surface area contributed by atoms with Crippen molar-refractivity contribution < 1.29 is 19.0 Å². The first-order valence-electron chi connectivity index (χ1n) is 14.2. The van der Waals surface area contributed by atoms with E-state index < -0.39 is 0 Å². The Kier molecular flexibility index (Phi) is 8.79. The van der Waals surface area contributed by atoms with Gasteiger partial charge in [0.25, 0.3) is 5.56 Å². The van der Waals surface area contributed by atoms with Crippen molar-refractivity contribution in [1.29, 1.82) is 0 Å². The average Bonchev–Trinajstić information content (AvgIpc) is 3.56. The van der Waals surface area contributed by atoms with Gasteiger partial charge in [0.1, 0.15) is 18.0 Å². The first kappa shape index (κ1) is 27.6. The summed E-state index contributed by atoms with van der Waals surface area (Å²) in [6.45, 7) is 10.1. The van der Waals surface area contributed by atoms with E-state index in [1.807, 2.05) is 13.0 Å². The van der Waals surface area contributed by atoms with Gasteiger partial charge in [0, 0.05) is 50.0 Å². The Hall–Kier alpha value is -3.01. The molecule has 2 atom stereocenters. The highest BCUT2D eigenvalue weighted by Gasteiger charge is 2.27. The standard InChI is InChI=1S/C30H40N4O5/c1-19(2)12-26(30(36)39-24-8-11-38-18-24)31-15-22-4-5-27-25(14-22)33-28(23-13-20(3)29(35)32-16-23)34(27)17-21-6-9-37-10-7-21/h4-5,13-14,16,19,21,24,26,31H,6-12,15,17-18H2,1-3H3,(H,32,35)/t24-,26+/m0/s1. The van der Waals surface area contributed by atoms with Crippen molar-refractivity contribution in [1.82, 2.24) is 19.9 Å². The van der Waals surface area contributed by atoms with Crippen molar-refractivity contribution in [2.75, 3.05) is 26.4 Å². The summed E-state index contributed by atoms with van der Waals surface area (Å²) in [4.78, 5) is 32.8. The van der Waals surface area contributed by atoms with E-state index in [-0.39, 0.29) is 23.7 Å². The van der Waals surface area contributed by atoms with Crippen LogP contribution in [0.5, 0.6) is 0 Å². The molecule has 39 heavy (non-hydrogen) atoms. The lowest BCUT2D eigenvalue weighted by Crippen LogP contribution is -2.40. The van der Waals surface area contributed by atoms with Crippen LogP contribution in [0.2, 0.25) is 0 Å². The molecule has 2 aliphatic rings. The molecule has 2 saturated heterocycles. The smallest absolute Gasteiger partial charge is 0.323 e. The molecule has 0 aliphatic carbocycles. The third-order valence-electron chi connectivity index (χ3n) is 7.66. The minimum atomic E-state index is -0.382. The van der Waals surface area contributed by atoms with Crippen molar-refractivity contribution in [3.8, 4) is 11.4 Å². The van der Waals surface area contributed by atoms with Gasteiger partial charge in [-0.25, -0.2) is 4.98 Å². The number of carbonyl (C=O) groups is 1. The van der Waals surface area contributed by atoms with Crippen LogP contribution in [-0.4, -0.2) is 59.1 Å². The molecule has 0 unspecified atom stereocenters. The number of nitrogens with zero attached hydrogens (tertiary/aromatic N) is 2. The summed E-state index contributed by atoms with van der Waals surface area (Å²) in [5, 5.41) is 3.43. The van der Waals surface area contributed by atoms with E-state index in [1.54, 1.807) is 6.20 Å². The number of carbonyl (C=O) groups excluding carboxylic acids is 1. The quantitative estimate of drug-likeness (QED) is 0.378. The second kappa shape index (κ2) is 12.4. The molecule has 2 fully saturated rings. The lowest BCUT2D eigenvalue weighted by atomic mass is 10.00. The number of hydrogen-bond acceptors (Lipinski definition) is 7. The number of aromatic nitrogens is 3. The normalized spacial score (nSPS) is 19.1. The summed E-state index contributed by atoms with van der Waals surface area (Å²) in [6.07, 6.45) is 5.09. The summed E-state index contributed by atoms with van der Waals surface area (Å²) < 4.78 is 18.9. The van der Waals surface area contributed by atoms with E-state index in [2.05, 4.69) is 46.9 Å². The van der Waals surface area contributed by atoms with Gasteiger partial charge < -0.3 is 29.1 Å². The summed E-state index contributed by atoms with van der Waals surface area (Å²) in [5.41, 5.74) is 4.47. The Labute approximate surface area is 229 Å². The van der Waals surface area contributed by atoms with Crippen LogP contribution >= 0.6 is 0 Å². The summed E-state index contributed by atoms with van der Waals surface area (Å²) in [5.74, 6) is 1.49. The van der Waals surface area contributed by atoms with Crippen LogP contribution in [0.3, 0.4) is 0 Å². The van der Waals surface area contributed by atoms with Crippen molar-refractivity contribution in [2.45, 2.75) is 71.7 Å². The van der Waals surface area contributed by atoms with Gasteiger partial charge in [-0.15, -0.1) is 0 Å². The number of benzene rings is 1. The molecule has 3 aromatic rings. The number of pyridine rings is 1. The number of fused-ring (bicyclic) bond motifs is 1. The van der Waals surface area contributed by atoms with Crippen LogP contribution in [0.15, 0.2) is 35.3 Å². The van der Waals surface area contributed by atoms with E-state index in [4.69, 9.17) is 19.2 Å². The largest absolute Gasteiger partial charge is 0.459 e. The number of ether oxygens (including phenoxy) is 3. The van der Waals surface area contributed by atoms with Crippen LogP contribution < -0.4 is 10.9 Å². The zero-order valence-corrected chi connectivity index (χ0v) is 23.2. The molecule has 9 heteroatoms. The zero-order chi connectivity index (χ0) is 27.4. The van der Waals surface area contributed by atoms with E-state index >= 15 is 0 Å². The maximum Gasteiger partial charge on any atom is 0.323 e. The highest BCUT2D eigenvalue weighted by Crippen LogP contribution is 2.29. The number of hydrogen-bond donors (Lipinski definition) is 2. The van der Waals surface area contributed by atoms with Gasteiger partial charge in [0.15, 0.2) is 0 Å². The molecule has 9 nitrogen and oxygen atoms in total. The Bertz CT molecular complexity index is 1330. The van der Waals surface area contributed by atoms with Crippen molar-refractivity contribution in [2.24, 2.45) is 11.8 Å². The van der Waals surface area contributed by atoms with Crippen LogP contribution in [0.25, 0.3) is 22.4 Å². The van der Waals surface area contributed by atoms with Gasteiger partial charge in [-0.3, -0.25) is 9.59 Å². The van der Waals surface area contributed by atoms with E-state index in [9.17, 15) is 9.59 Å². The molecule has 0 bridgehead atoms. The summed E-state index contributed by atoms with van der Waals surface area (Å²) in [6, 6.07) is 7.83. The van der Waals surface area contributed by atoms with Gasteiger partial charge >= 0.3 is 5.97 Å². The lowest BCUT2D eigenvalue weighted by molar-refractivity contribution is -0.152. The van der Waals surface area contributed by atoms with Gasteiger partial charge in [-0.2, -0.15) is 0 Å². The number of H-pyrrole nitrogens is 1. The Morgan fingerprint density at radius 3 is 2.69 bits per heavy atom. The molecule has 4 heterocycles. The summed E-state index contributed by atoms with van der Waals surface area (Å²) in [7, 11) is 0. The van der Waals surface area contributed by atoms with Crippen molar-refractivity contribution in [3.63, 3.8) is 0 Å². The number of imidazole rings is 1. The molecule has 0 radical (unpaired) electrons. The fourth-order valence-electron chi connectivity index (χ4n) is 5.43. The van der Waals surface area contributed by atoms with Crippen molar-refractivity contribution >= 4 is 17.0 Å². The highest BCUT2D eigenvalue weighted by atomic mass is 16.6. The van der Waals surface area contributed by atoms with Gasteiger partial charge in [-0.05, 0) is 61.8 Å². The third-order valence-corrected chi connectivity index (χ3v) is 7.66. The van der Waals surface area contributed by atoms with E-state index in [1.165, 1.54) is 0 Å². The molecule has 2 N–H and O–H groups in total. The fourth-order valence-corrected chi connectivity index (χ4v) is 5.43. The molecule has 1 aromatic carbocycles. The minimum absolute atomic E-state index is 0.0888. The molecular weight excluding hydrogens is 496 g/mol. The van der Waals surface area contributed by atoms with Crippen LogP contribution in [-0.2, 0) is 32.1 Å². The van der Waals surface area contributed by atoms with Gasteiger partial charge in [0.2, 0.25) is 0 Å². The third kappa shape index (κ3) is 6.77. The predicted octanol–water partition coefficient (Wildman–Crippen LogP) is 3.96. The van der Waals surface area contributed by atoms with Crippen LogP contribution in [0.4, 0.5) is 0 Å². The van der Waals surface area contributed by atoms with Crippen LogP contribution in [0, 0.1) is 18.8 Å². The van der Waals surface area contributed by atoms with Crippen molar-refractivity contribution in [3.05, 3.63) is 51.9 Å². The fraction of sp³-hybridized carbons (Fsp3) is 0.567. The topological polar surface area (TPSA) is 107 Å².